The number of sulfonamides is 1. The van der Waals surface area contributed by atoms with Gasteiger partial charge in [0, 0.05) is 19.0 Å². The van der Waals surface area contributed by atoms with Crippen molar-refractivity contribution in [1.29, 1.82) is 0 Å². The quantitative estimate of drug-likeness (QED) is 0.594. The Bertz CT molecular complexity index is 996. The number of hydroxylamine groups is 1. The van der Waals surface area contributed by atoms with Gasteiger partial charge in [-0.2, -0.15) is 4.31 Å². The lowest BCUT2D eigenvalue weighted by Gasteiger charge is -2.26. The van der Waals surface area contributed by atoms with Crippen LogP contribution in [0.4, 0.5) is 0 Å². The number of benzene rings is 2. The van der Waals surface area contributed by atoms with Crippen molar-refractivity contribution in [3.8, 4) is 11.1 Å². The molecule has 29 heavy (non-hydrogen) atoms. The number of aryl methyl sites for hydroxylation is 1. The Labute approximate surface area is 171 Å². The first-order valence-corrected chi connectivity index (χ1v) is 11.6. The molecule has 1 unspecified atom stereocenters. The Balaban J connectivity index is 1.56. The van der Waals surface area contributed by atoms with Gasteiger partial charge >= 0.3 is 0 Å². The van der Waals surface area contributed by atoms with Crippen LogP contribution in [0.3, 0.4) is 0 Å². The number of amides is 1. The maximum Gasteiger partial charge on any atom is 0.246 e. The van der Waals surface area contributed by atoms with E-state index >= 15 is 0 Å². The molecule has 1 atom stereocenters. The van der Waals surface area contributed by atoms with E-state index in [0.29, 0.717) is 24.4 Å². The molecule has 4 rings (SSSR count). The monoisotopic (exact) mass is 414 g/mol. The van der Waals surface area contributed by atoms with Gasteiger partial charge in [0.25, 0.3) is 0 Å². The predicted molar refractivity (Wildman–Crippen MR) is 110 cm³/mol. The van der Waals surface area contributed by atoms with Gasteiger partial charge in [-0.05, 0) is 66.5 Å². The zero-order valence-corrected chi connectivity index (χ0v) is 17.1. The lowest BCUT2D eigenvalue weighted by Crippen LogP contribution is -2.35. The SMILES string of the molecule is O=C(NO)C1CCc2ccc(-c3ccc(S(=O)(=O)N4CCCCC4)cc3)cc2C1. The van der Waals surface area contributed by atoms with Crippen LogP contribution in [0.5, 0.6) is 0 Å². The highest BCUT2D eigenvalue weighted by Gasteiger charge is 2.26. The van der Waals surface area contributed by atoms with Crippen LogP contribution in [0.25, 0.3) is 11.1 Å². The number of nitrogens with zero attached hydrogens (tertiary/aromatic N) is 1. The lowest BCUT2D eigenvalue weighted by molar-refractivity contribution is -0.133. The largest absolute Gasteiger partial charge is 0.289 e. The topological polar surface area (TPSA) is 86.7 Å². The van der Waals surface area contributed by atoms with E-state index in [1.54, 1.807) is 21.9 Å². The molecular weight excluding hydrogens is 388 g/mol. The minimum Gasteiger partial charge on any atom is -0.289 e. The number of carbonyl (C=O) groups is 1. The molecule has 154 valence electrons. The van der Waals surface area contributed by atoms with Crippen molar-refractivity contribution >= 4 is 15.9 Å². The van der Waals surface area contributed by atoms with Crippen molar-refractivity contribution in [2.75, 3.05) is 13.1 Å². The van der Waals surface area contributed by atoms with Crippen molar-refractivity contribution in [3.63, 3.8) is 0 Å². The van der Waals surface area contributed by atoms with Gasteiger partial charge in [-0.25, -0.2) is 13.9 Å². The summed E-state index contributed by atoms with van der Waals surface area (Å²) in [7, 11) is -3.43. The van der Waals surface area contributed by atoms with E-state index < -0.39 is 10.0 Å². The maximum atomic E-state index is 12.8. The second kappa shape index (κ2) is 8.26. The van der Waals surface area contributed by atoms with Crippen LogP contribution in [0.15, 0.2) is 47.4 Å². The fourth-order valence-corrected chi connectivity index (χ4v) is 5.84. The normalized spacial score (nSPS) is 20.1. The summed E-state index contributed by atoms with van der Waals surface area (Å²) in [5.41, 5.74) is 6.03. The molecule has 1 amide bonds. The Morgan fingerprint density at radius 3 is 2.34 bits per heavy atom. The minimum atomic E-state index is -3.43. The standard InChI is InChI=1S/C22H26N2O4S/c25-22(23-26)19-7-5-17-4-6-18(14-20(17)15-19)16-8-10-21(11-9-16)29(27,28)24-12-2-1-3-13-24/h4,6,8-11,14,19,26H,1-3,5,7,12-13,15H2,(H,23,25). The third-order valence-corrected chi connectivity index (χ3v) is 7.97. The molecule has 2 aromatic carbocycles. The highest BCUT2D eigenvalue weighted by Crippen LogP contribution is 2.31. The summed E-state index contributed by atoms with van der Waals surface area (Å²) in [5, 5.41) is 8.90. The molecule has 0 aromatic heterocycles. The Hall–Kier alpha value is -2.22. The van der Waals surface area contributed by atoms with E-state index in [1.807, 2.05) is 18.2 Å². The van der Waals surface area contributed by atoms with Gasteiger partial charge in [-0.3, -0.25) is 10.0 Å². The predicted octanol–water partition coefficient (Wildman–Crippen LogP) is 3.14. The van der Waals surface area contributed by atoms with Gasteiger partial charge in [-0.1, -0.05) is 36.8 Å². The van der Waals surface area contributed by atoms with Crippen LogP contribution in [0.1, 0.15) is 36.8 Å². The number of hydrogen-bond acceptors (Lipinski definition) is 4. The molecule has 2 aliphatic rings. The smallest absolute Gasteiger partial charge is 0.246 e. The molecule has 2 N–H and O–H groups in total. The van der Waals surface area contributed by atoms with E-state index in [9.17, 15) is 13.2 Å². The molecule has 0 spiro atoms. The molecule has 2 aromatic rings. The first-order valence-electron chi connectivity index (χ1n) is 10.2. The molecule has 1 aliphatic heterocycles. The summed E-state index contributed by atoms with van der Waals surface area (Å²) in [4.78, 5) is 12.1. The number of piperidine rings is 1. The van der Waals surface area contributed by atoms with Gasteiger partial charge < -0.3 is 0 Å². The van der Waals surface area contributed by atoms with Gasteiger partial charge in [0.2, 0.25) is 15.9 Å². The van der Waals surface area contributed by atoms with Crippen molar-refractivity contribution in [1.82, 2.24) is 9.79 Å². The molecular formula is C22H26N2O4S. The third-order valence-electron chi connectivity index (χ3n) is 6.06. The van der Waals surface area contributed by atoms with E-state index in [1.165, 1.54) is 5.56 Å². The van der Waals surface area contributed by atoms with Crippen LogP contribution in [-0.4, -0.2) is 36.9 Å². The summed E-state index contributed by atoms with van der Waals surface area (Å²) >= 11 is 0. The van der Waals surface area contributed by atoms with Crippen LogP contribution in [0, 0.1) is 5.92 Å². The molecule has 1 fully saturated rings. The summed E-state index contributed by atoms with van der Waals surface area (Å²) in [5.74, 6) is -0.562. The molecule has 7 heteroatoms. The second-order valence-electron chi connectivity index (χ2n) is 7.89. The number of carbonyl (C=O) groups excluding carboxylic acids is 1. The van der Waals surface area contributed by atoms with Gasteiger partial charge in [0.05, 0.1) is 4.90 Å². The number of rotatable bonds is 4. The lowest BCUT2D eigenvalue weighted by atomic mass is 9.82. The summed E-state index contributed by atoms with van der Waals surface area (Å²) in [6, 6.07) is 13.2. The Morgan fingerprint density at radius 2 is 1.66 bits per heavy atom. The molecule has 1 heterocycles. The number of nitrogens with one attached hydrogen (secondary N) is 1. The van der Waals surface area contributed by atoms with Crippen molar-refractivity contribution < 1.29 is 18.4 Å². The van der Waals surface area contributed by atoms with Gasteiger partial charge in [0.15, 0.2) is 0 Å². The third kappa shape index (κ3) is 4.08. The molecule has 0 radical (unpaired) electrons. The minimum absolute atomic E-state index is 0.222. The van der Waals surface area contributed by atoms with E-state index in [-0.39, 0.29) is 11.8 Å². The average Bonchev–Trinajstić information content (AvgIpc) is 2.78. The fourth-order valence-electron chi connectivity index (χ4n) is 4.33. The maximum absolute atomic E-state index is 12.8. The van der Waals surface area contributed by atoms with Crippen LogP contribution in [0.2, 0.25) is 0 Å². The van der Waals surface area contributed by atoms with Crippen molar-refractivity contribution in [2.24, 2.45) is 5.92 Å². The number of hydrogen-bond donors (Lipinski definition) is 2. The van der Waals surface area contributed by atoms with Crippen LogP contribution < -0.4 is 5.48 Å². The molecule has 0 bridgehead atoms. The Morgan fingerprint density at radius 1 is 0.966 bits per heavy atom. The fraction of sp³-hybridized carbons (Fsp3) is 0.409. The molecule has 1 saturated heterocycles. The molecule has 0 saturated carbocycles. The first kappa shape index (κ1) is 20.1. The van der Waals surface area contributed by atoms with E-state index in [2.05, 4.69) is 12.1 Å². The van der Waals surface area contributed by atoms with E-state index in [4.69, 9.17) is 5.21 Å². The first-order chi connectivity index (χ1) is 14.0. The van der Waals surface area contributed by atoms with E-state index in [0.717, 1.165) is 48.8 Å². The average molecular weight is 415 g/mol. The van der Waals surface area contributed by atoms with Gasteiger partial charge in [-0.15, -0.1) is 0 Å². The highest BCUT2D eigenvalue weighted by molar-refractivity contribution is 7.89. The highest BCUT2D eigenvalue weighted by atomic mass is 32.2. The Kier molecular flexibility index (Phi) is 5.72. The molecule has 1 aliphatic carbocycles. The van der Waals surface area contributed by atoms with Crippen molar-refractivity contribution in [2.45, 2.75) is 43.4 Å². The van der Waals surface area contributed by atoms with Crippen LogP contribution >= 0.6 is 0 Å². The zero-order valence-electron chi connectivity index (χ0n) is 16.3. The summed E-state index contributed by atoms with van der Waals surface area (Å²) in [6.07, 6.45) is 5.05. The summed E-state index contributed by atoms with van der Waals surface area (Å²) < 4.78 is 27.2. The number of fused-ring (bicyclic) bond motifs is 1. The second-order valence-corrected chi connectivity index (χ2v) is 9.83. The molecule has 6 nitrogen and oxygen atoms in total. The van der Waals surface area contributed by atoms with Crippen LogP contribution in [-0.2, 0) is 27.7 Å². The van der Waals surface area contributed by atoms with Crippen molar-refractivity contribution in [3.05, 3.63) is 53.6 Å². The summed E-state index contributed by atoms with van der Waals surface area (Å²) in [6.45, 7) is 1.19. The van der Waals surface area contributed by atoms with Gasteiger partial charge in [0.1, 0.15) is 0 Å². The zero-order chi connectivity index (χ0) is 20.4.